The predicted molar refractivity (Wildman–Crippen MR) is 66.6 cm³/mol. The highest BCUT2D eigenvalue weighted by atomic mass is 79.9. The quantitative estimate of drug-likeness (QED) is 0.677. The first-order valence-corrected chi connectivity index (χ1v) is 5.81. The predicted octanol–water partition coefficient (Wildman–Crippen LogP) is 4.77. The van der Waals surface area contributed by atoms with Crippen molar-refractivity contribution in [3.8, 4) is 0 Å². The molecule has 0 bridgehead atoms. The van der Waals surface area contributed by atoms with Crippen molar-refractivity contribution in [2.45, 2.75) is 40.0 Å². The summed E-state index contributed by atoms with van der Waals surface area (Å²) in [6, 6.07) is 8.48. The Hall–Kier alpha value is -0.300. The lowest BCUT2D eigenvalue weighted by Crippen LogP contribution is -2.34. The lowest BCUT2D eigenvalue weighted by Gasteiger charge is -2.40. The van der Waals surface area contributed by atoms with Crippen molar-refractivity contribution in [3.63, 3.8) is 0 Å². The minimum absolute atomic E-state index is 0.174. The van der Waals surface area contributed by atoms with Gasteiger partial charge in [-0.15, -0.1) is 0 Å². The van der Waals surface area contributed by atoms with E-state index in [4.69, 9.17) is 0 Å². The minimum atomic E-state index is 0.174. The van der Waals surface area contributed by atoms with E-state index in [0.29, 0.717) is 0 Å². The summed E-state index contributed by atoms with van der Waals surface area (Å²) >= 11 is 3.62. The van der Waals surface area contributed by atoms with Crippen LogP contribution in [0.1, 0.15) is 40.2 Å². The Morgan fingerprint density at radius 3 is 1.86 bits per heavy atom. The molecular formula is C13H19Br. The summed E-state index contributed by atoms with van der Waals surface area (Å²) in [5.74, 6) is 0. The third kappa shape index (κ3) is 2.03. The first-order valence-electron chi connectivity index (χ1n) is 5.02. The average molecular weight is 255 g/mol. The fraction of sp³-hybridized carbons (Fsp3) is 0.538. The van der Waals surface area contributed by atoms with Gasteiger partial charge < -0.3 is 0 Å². The van der Waals surface area contributed by atoms with Gasteiger partial charge in [-0.2, -0.15) is 0 Å². The molecule has 0 aliphatic rings. The van der Waals surface area contributed by atoms with E-state index in [-0.39, 0.29) is 10.8 Å². The standard InChI is InChI=1S/C13H19Br/c1-12(2,3)13(4,5)10-8-6-7-9-11(10)14/h6-9H,1-5H3. The van der Waals surface area contributed by atoms with Crippen molar-refractivity contribution in [1.29, 1.82) is 0 Å². The van der Waals surface area contributed by atoms with Crippen molar-refractivity contribution >= 4 is 15.9 Å². The van der Waals surface area contributed by atoms with Gasteiger partial charge in [0.2, 0.25) is 0 Å². The van der Waals surface area contributed by atoms with Gasteiger partial charge in [0.25, 0.3) is 0 Å². The first kappa shape index (κ1) is 11.8. The zero-order valence-corrected chi connectivity index (χ0v) is 11.3. The van der Waals surface area contributed by atoms with Crippen LogP contribution in [0.2, 0.25) is 0 Å². The van der Waals surface area contributed by atoms with E-state index in [0.717, 1.165) is 0 Å². The Kier molecular flexibility index (Phi) is 3.10. The van der Waals surface area contributed by atoms with E-state index in [9.17, 15) is 0 Å². The highest BCUT2D eigenvalue weighted by molar-refractivity contribution is 9.10. The van der Waals surface area contributed by atoms with Crippen LogP contribution in [0.5, 0.6) is 0 Å². The van der Waals surface area contributed by atoms with Gasteiger partial charge in [-0.3, -0.25) is 0 Å². The summed E-state index contributed by atoms with van der Waals surface area (Å²) < 4.78 is 1.21. The molecule has 0 N–H and O–H groups in total. The summed E-state index contributed by atoms with van der Waals surface area (Å²) in [4.78, 5) is 0. The maximum atomic E-state index is 3.62. The Morgan fingerprint density at radius 2 is 1.43 bits per heavy atom. The van der Waals surface area contributed by atoms with Crippen LogP contribution < -0.4 is 0 Å². The fourth-order valence-electron chi connectivity index (χ4n) is 1.37. The number of benzene rings is 1. The molecule has 0 spiro atoms. The molecule has 0 atom stereocenters. The molecule has 0 unspecified atom stereocenters. The van der Waals surface area contributed by atoms with Crippen molar-refractivity contribution < 1.29 is 0 Å². The molecule has 0 nitrogen and oxygen atoms in total. The van der Waals surface area contributed by atoms with E-state index in [1.807, 2.05) is 0 Å². The van der Waals surface area contributed by atoms with Crippen LogP contribution in [0.4, 0.5) is 0 Å². The van der Waals surface area contributed by atoms with E-state index < -0.39 is 0 Å². The van der Waals surface area contributed by atoms with Crippen LogP contribution in [-0.2, 0) is 5.41 Å². The van der Waals surface area contributed by atoms with Crippen LogP contribution in [0, 0.1) is 5.41 Å². The molecule has 0 saturated carbocycles. The van der Waals surface area contributed by atoms with Gasteiger partial charge >= 0.3 is 0 Å². The lowest BCUT2D eigenvalue weighted by atomic mass is 9.65. The highest BCUT2D eigenvalue weighted by Gasteiger charge is 2.35. The van der Waals surface area contributed by atoms with Gasteiger partial charge in [0.15, 0.2) is 0 Å². The van der Waals surface area contributed by atoms with E-state index in [1.165, 1.54) is 10.0 Å². The minimum Gasteiger partial charge on any atom is -0.0619 e. The summed E-state index contributed by atoms with van der Waals surface area (Å²) in [5, 5.41) is 0. The molecular weight excluding hydrogens is 236 g/mol. The molecule has 0 heterocycles. The molecule has 14 heavy (non-hydrogen) atoms. The molecule has 0 aromatic heterocycles. The second kappa shape index (κ2) is 3.69. The zero-order valence-electron chi connectivity index (χ0n) is 9.69. The van der Waals surface area contributed by atoms with Crippen molar-refractivity contribution in [2.24, 2.45) is 5.41 Å². The number of rotatable bonds is 1. The fourth-order valence-corrected chi connectivity index (χ4v) is 2.15. The van der Waals surface area contributed by atoms with Crippen LogP contribution in [-0.4, -0.2) is 0 Å². The number of halogens is 1. The average Bonchev–Trinajstić information content (AvgIpc) is 2.02. The van der Waals surface area contributed by atoms with Gasteiger partial charge in [-0.25, -0.2) is 0 Å². The Morgan fingerprint density at radius 1 is 0.929 bits per heavy atom. The molecule has 0 fully saturated rings. The SMILES string of the molecule is CC(C)(C)C(C)(C)c1ccccc1Br. The van der Waals surface area contributed by atoms with E-state index in [2.05, 4.69) is 74.8 Å². The van der Waals surface area contributed by atoms with E-state index in [1.54, 1.807) is 0 Å². The molecule has 0 saturated heterocycles. The van der Waals surface area contributed by atoms with Gasteiger partial charge in [0.1, 0.15) is 0 Å². The molecule has 78 valence electrons. The monoisotopic (exact) mass is 254 g/mol. The second-order valence-electron chi connectivity index (χ2n) is 5.35. The first-order chi connectivity index (χ1) is 6.27. The zero-order chi connectivity index (χ0) is 11.0. The maximum Gasteiger partial charge on any atom is 0.0212 e. The molecule has 1 aromatic carbocycles. The van der Waals surface area contributed by atoms with Gasteiger partial charge in [0, 0.05) is 4.47 Å². The molecule has 0 aliphatic heterocycles. The van der Waals surface area contributed by atoms with Crippen molar-refractivity contribution in [1.82, 2.24) is 0 Å². The molecule has 1 rings (SSSR count). The van der Waals surface area contributed by atoms with Gasteiger partial charge in [-0.05, 0) is 22.5 Å². The van der Waals surface area contributed by atoms with Crippen LogP contribution >= 0.6 is 15.9 Å². The molecule has 1 heteroatoms. The number of hydrogen-bond donors (Lipinski definition) is 0. The normalized spacial score (nSPS) is 13.0. The smallest absolute Gasteiger partial charge is 0.0212 e. The lowest BCUT2D eigenvalue weighted by molar-refractivity contribution is 0.224. The van der Waals surface area contributed by atoms with Gasteiger partial charge in [0.05, 0.1) is 0 Å². The van der Waals surface area contributed by atoms with Crippen molar-refractivity contribution in [2.75, 3.05) is 0 Å². The summed E-state index contributed by atoms with van der Waals surface area (Å²) in [6.07, 6.45) is 0. The second-order valence-corrected chi connectivity index (χ2v) is 6.21. The van der Waals surface area contributed by atoms with Crippen LogP contribution in [0.3, 0.4) is 0 Å². The molecule has 0 radical (unpaired) electrons. The molecule has 0 aliphatic carbocycles. The summed E-state index contributed by atoms with van der Waals surface area (Å²) in [6.45, 7) is 11.4. The van der Waals surface area contributed by atoms with Gasteiger partial charge in [-0.1, -0.05) is 68.7 Å². The highest BCUT2D eigenvalue weighted by Crippen LogP contribution is 2.43. The number of hydrogen-bond acceptors (Lipinski definition) is 0. The van der Waals surface area contributed by atoms with Crippen LogP contribution in [0.25, 0.3) is 0 Å². The Bertz CT molecular complexity index is 318. The molecule has 1 aromatic rings. The Balaban J connectivity index is 3.23. The van der Waals surface area contributed by atoms with E-state index >= 15 is 0 Å². The Labute approximate surface area is 95.9 Å². The van der Waals surface area contributed by atoms with Crippen LogP contribution in [0.15, 0.2) is 28.7 Å². The summed E-state index contributed by atoms with van der Waals surface area (Å²) in [7, 11) is 0. The van der Waals surface area contributed by atoms with Crippen molar-refractivity contribution in [3.05, 3.63) is 34.3 Å². The molecule has 0 amide bonds. The third-order valence-electron chi connectivity index (χ3n) is 3.42. The third-order valence-corrected chi connectivity index (χ3v) is 4.11. The topological polar surface area (TPSA) is 0 Å². The largest absolute Gasteiger partial charge is 0.0619 e. The summed E-state index contributed by atoms with van der Waals surface area (Å²) in [5.41, 5.74) is 1.82. The maximum absolute atomic E-state index is 3.62.